The van der Waals surface area contributed by atoms with Crippen LogP contribution < -0.4 is 0 Å². The van der Waals surface area contributed by atoms with Crippen molar-refractivity contribution in [3.05, 3.63) is 21.5 Å². The van der Waals surface area contributed by atoms with Crippen molar-refractivity contribution in [2.75, 3.05) is 0 Å². The Morgan fingerprint density at radius 3 is 2.12 bits per heavy atom. The number of halogens is 7. The molecule has 0 radical (unpaired) electrons. The second-order valence-corrected chi connectivity index (χ2v) is 4.72. The molecule has 0 unspecified atom stereocenters. The first-order chi connectivity index (χ1) is 7.09. The SMILES string of the molecule is FC(F)(F)Sc1cnc(I)c(C(F)(F)F)c1. The lowest BCUT2D eigenvalue weighted by Crippen LogP contribution is -2.09. The molecule has 1 rings (SSSR count). The van der Waals surface area contributed by atoms with Crippen molar-refractivity contribution in [2.24, 2.45) is 0 Å². The Bertz CT molecular complexity index is 387. The van der Waals surface area contributed by atoms with Crippen LogP contribution in [-0.4, -0.2) is 10.5 Å². The monoisotopic (exact) mass is 373 g/mol. The molecule has 0 aliphatic carbocycles. The quantitative estimate of drug-likeness (QED) is 0.315. The Labute approximate surface area is 104 Å². The third-order valence-electron chi connectivity index (χ3n) is 1.35. The predicted molar refractivity (Wildman–Crippen MR) is 53.9 cm³/mol. The summed E-state index contributed by atoms with van der Waals surface area (Å²) in [5, 5.41) is 0. The number of rotatable bonds is 1. The normalized spacial score (nSPS) is 12.9. The molecular formula is C7H2F6INS. The van der Waals surface area contributed by atoms with Gasteiger partial charge < -0.3 is 0 Å². The van der Waals surface area contributed by atoms with Gasteiger partial charge in [-0.25, -0.2) is 4.98 Å². The molecule has 0 amide bonds. The number of hydrogen-bond acceptors (Lipinski definition) is 2. The lowest BCUT2D eigenvalue weighted by Gasteiger charge is -2.11. The van der Waals surface area contributed by atoms with E-state index >= 15 is 0 Å². The maximum Gasteiger partial charge on any atom is 0.446 e. The Morgan fingerprint density at radius 1 is 1.12 bits per heavy atom. The van der Waals surface area contributed by atoms with Crippen molar-refractivity contribution in [1.29, 1.82) is 0 Å². The summed E-state index contributed by atoms with van der Waals surface area (Å²) in [5.41, 5.74) is -5.79. The lowest BCUT2D eigenvalue weighted by molar-refractivity contribution is -0.138. The summed E-state index contributed by atoms with van der Waals surface area (Å²) in [6.07, 6.45) is -3.94. The molecule has 0 saturated carbocycles. The smallest absolute Gasteiger partial charge is 0.249 e. The zero-order chi connectivity index (χ0) is 12.6. The second-order valence-electron chi connectivity index (χ2n) is 2.55. The summed E-state index contributed by atoms with van der Waals surface area (Å²) in [4.78, 5) is 2.69. The first kappa shape index (κ1) is 13.9. The third kappa shape index (κ3) is 4.00. The van der Waals surface area contributed by atoms with E-state index in [1.807, 2.05) is 0 Å². The van der Waals surface area contributed by atoms with E-state index in [0.717, 1.165) is 6.20 Å². The molecule has 0 atom stereocenters. The number of aromatic nitrogens is 1. The van der Waals surface area contributed by atoms with E-state index in [1.54, 1.807) is 0 Å². The minimum absolute atomic E-state index is 0.378. The van der Waals surface area contributed by atoms with Gasteiger partial charge >= 0.3 is 11.7 Å². The molecule has 1 heterocycles. The molecule has 0 spiro atoms. The summed E-state index contributed by atoms with van der Waals surface area (Å²) in [7, 11) is 0. The molecule has 0 aliphatic heterocycles. The van der Waals surface area contributed by atoms with Crippen LogP contribution in [0, 0.1) is 3.70 Å². The summed E-state index contributed by atoms with van der Waals surface area (Å²) >= 11 is 0.692. The standard InChI is InChI=1S/C7H2F6INS/c8-6(9,10)4-1-3(2-15-5(4)14)16-7(11,12)13/h1-2H. The molecule has 1 aromatic rings. The van der Waals surface area contributed by atoms with E-state index in [2.05, 4.69) is 4.98 Å². The van der Waals surface area contributed by atoms with Gasteiger partial charge in [0.15, 0.2) is 0 Å². The van der Waals surface area contributed by atoms with Crippen molar-refractivity contribution >= 4 is 34.4 Å². The van der Waals surface area contributed by atoms with Crippen LogP contribution in [0.1, 0.15) is 5.56 Å². The van der Waals surface area contributed by atoms with Crippen LogP contribution in [0.3, 0.4) is 0 Å². The molecule has 0 aromatic carbocycles. The van der Waals surface area contributed by atoms with Crippen LogP contribution in [-0.2, 0) is 6.18 Å². The highest BCUT2D eigenvalue weighted by Crippen LogP contribution is 2.39. The van der Waals surface area contributed by atoms with E-state index in [0.29, 0.717) is 6.07 Å². The van der Waals surface area contributed by atoms with Crippen LogP contribution in [0.2, 0.25) is 0 Å². The molecule has 1 nitrogen and oxygen atoms in total. The van der Waals surface area contributed by atoms with Crippen LogP contribution in [0.5, 0.6) is 0 Å². The number of hydrogen-bond donors (Lipinski definition) is 0. The lowest BCUT2D eigenvalue weighted by atomic mass is 10.3. The highest BCUT2D eigenvalue weighted by Gasteiger charge is 2.36. The van der Waals surface area contributed by atoms with Gasteiger partial charge in [-0.05, 0) is 40.4 Å². The fourth-order valence-electron chi connectivity index (χ4n) is 0.817. The van der Waals surface area contributed by atoms with Gasteiger partial charge in [-0.1, -0.05) is 0 Å². The van der Waals surface area contributed by atoms with Crippen LogP contribution in [0.4, 0.5) is 26.3 Å². The maximum absolute atomic E-state index is 12.3. The molecule has 1 aromatic heterocycles. The minimum Gasteiger partial charge on any atom is -0.249 e. The Morgan fingerprint density at radius 2 is 1.69 bits per heavy atom. The van der Waals surface area contributed by atoms with Crippen LogP contribution in [0.25, 0.3) is 0 Å². The van der Waals surface area contributed by atoms with Gasteiger partial charge in [0.25, 0.3) is 0 Å². The van der Waals surface area contributed by atoms with Crippen molar-refractivity contribution < 1.29 is 26.3 Å². The van der Waals surface area contributed by atoms with E-state index < -0.39 is 33.9 Å². The molecule has 0 fully saturated rings. The van der Waals surface area contributed by atoms with E-state index in [9.17, 15) is 26.3 Å². The molecule has 0 saturated heterocycles. The fraction of sp³-hybridized carbons (Fsp3) is 0.286. The Balaban J connectivity index is 3.09. The van der Waals surface area contributed by atoms with Crippen molar-refractivity contribution in [1.82, 2.24) is 4.98 Å². The zero-order valence-corrected chi connectivity index (χ0v) is 10.1. The minimum atomic E-state index is -4.70. The summed E-state index contributed by atoms with van der Waals surface area (Å²) in [6, 6.07) is 0.437. The van der Waals surface area contributed by atoms with Gasteiger partial charge in [0.2, 0.25) is 0 Å². The molecule has 90 valence electrons. The van der Waals surface area contributed by atoms with Crippen molar-refractivity contribution in [3.8, 4) is 0 Å². The van der Waals surface area contributed by atoms with Crippen molar-refractivity contribution in [2.45, 2.75) is 16.6 Å². The average Bonchev–Trinajstić information content (AvgIpc) is 2.04. The first-order valence-electron chi connectivity index (χ1n) is 3.58. The average molecular weight is 373 g/mol. The summed E-state index contributed by atoms with van der Waals surface area (Å²) in [6.45, 7) is 0. The molecule has 9 heteroatoms. The van der Waals surface area contributed by atoms with E-state index in [1.165, 1.54) is 22.6 Å². The number of nitrogens with zero attached hydrogens (tertiary/aromatic N) is 1. The van der Waals surface area contributed by atoms with Gasteiger partial charge in [0.1, 0.15) is 3.70 Å². The van der Waals surface area contributed by atoms with E-state index in [-0.39, 0.29) is 3.70 Å². The third-order valence-corrected chi connectivity index (χ3v) is 2.90. The van der Waals surface area contributed by atoms with Gasteiger partial charge in [0.05, 0.1) is 5.56 Å². The van der Waals surface area contributed by atoms with Crippen LogP contribution in [0.15, 0.2) is 17.2 Å². The van der Waals surface area contributed by atoms with Crippen molar-refractivity contribution in [3.63, 3.8) is 0 Å². The molecule has 16 heavy (non-hydrogen) atoms. The first-order valence-corrected chi connectivity index (χ1v) is 5.47. The Kier molecular flexibility index (Phi) is 3.98. The van der Waals surface area contributed by atoms with Gasteiger partial charge in [-0.2, -0.15) is 26.3 Å². The van der Waals surface area contributed by atoms with Crippen LogP contribution >= 0.6 is 34.4 Å². The largest absolute Gasteiger partial charge is 0.446 e. The highest BCUT2D eigenvalue weighted by atomic mass is 127. The number of thioether (sulfide) groups is 1. The van der Waals surface area contributed by atoms with Gasteiger partial charge in [0, 0.05) is 11.1 Å². The Hall–Kier alpha value is -0.190. The summed E-state index contributed by atoms with van der Waals surface area (Å²) < 4.78 is 72.4. The van der Waals surface area contributed by atoms with E-state index in [4.69, 9.17) is 0 Å². The number of pyridine rings is 1. The molecule has 0 bridgehead atoms. The van der Waals surface area contributed by atoms with Gasteiger partial charge in [-0.15, -0.1) is 0 Å². The summed E-state index contributed by atoms with van der Waals surface area (Å²) in [5.74, 6) is 0. The fourth-order valence-corrected chi connectivity index (χ4v) is 1.97. The topological polar surface area (TPSA) is 12.9 Å². The molecule has 0 N–H and O–H groups in total. The zero-order valence-electron chi connectivity index (χ0n) is 7.16. The maximum atomic E-state index is 12.3. The number of alkyl halides is 6. The molecule has 0 aliphatic rings. The predicted octanol–water partition coefficient (Wildman–Crippen LogP) is 4.32. The highest BCUT2D eigenvalue weighted by molar-refractivity contribution is 14.1. The van der Waals surface area contributed by atoms with Gasteiger partial charge in [-0.3, -0.25) is 0 Å². The second kappa shape index (κ2) is 4.59. The molecular weight excluding hydrogens is 371 g/mol.